The minimum absolute atomic E-state index is 0.277. The van der Waals surface area contributed by atoms with E-state index in [0.717, 1.165) is 31.2 Å². The molecule has 1 amide bonds. The molecule has 1 aromatic carbocycles. The molecule has 0 heterocycles. The van der Waals surface area contributed by atoms with E-state index in [1.165, 1.54) is 0 Å². The molecule has 0 unspecified atom stereocenters. The predicted molar refractivity (Wildman–Crippen MR) is 105 cm³/mol. The molecule has 0 atom stereocenters. The number of carbonyl (C=O) groups is 1. The van der Waals surface area contributed by atoms with Crippen LogP contribution in [-0.4, -0.2) is 31.2 Å². The Kier molecular flexibility index (Phi) is 6.18. The molecule has 5 nitrogen and oxygen atoms in total. The number of sulfone groups is 1. The van der Waals surface area contributed by atoms with Gasteiger partial charge in [-0.05, 0) is 56.7 Å². The summed E-state index contributed by atoms with van der Waals surface area (Å²) in [6, 6.07) is 5.38. The highest BCUT2D eigenvalue weighted by Crippen LogP contribution is 2.41. The summed E-state index contributed by atoms with van der Waals surface area (Å²) in [4.78, 5) is 13.4. The molecule has 146 valence electrons. The van der Waals surface area contributed by atoms with Crippen molar-refractivity contribution in [3.63, 3.8) is 0 Å². The number of benzene rings is 1. The summed E-state index contributed by atoms with van der Waals surface area (Å²) in [5.74, 6) is -0.396. The van der Waals surface area contributed by atoms with Gasteiger partial charge in [-0.25, -0.2) is 8.42 Å². The number of hydrogen-bond acceptors (Lipinski definition) is 4. The van der Waals surface area contributed by atoms with Gasteiger partial charge < -0.3 is 11.1 Å². The quantitative estimate of drug-likeness (QED) is 0.761. The molecule has 0 radical (unpaired) electrons. The maximum atomic E-state index is 13.5. The van der Waals surface area contributed by atoms with Gasteiger partial charge in [-0.2, -0.15) is 0 Å². The summed E-state index contributed by atoms with van der Waals surface area (Å²) < 4.78 is 25.7. The standard InChI is InChI=1S/C20H32N2O3S/c1-5-19(21,6-2)14-22-18(23)20(11-7-8-12-20)26(24,25)17-13-15(3)9-10-16(17)4/h9-10,13H,5-8,11-12,14,21H2,1-4H3,(H,22,23). The Morgan fingerprint density at radius 2 is 1.77 bits per heavy atom. The van der Waals surface area contributed by atoms with Gasteiger partial charge in [0.1, 0.15) is 0 Å². The van der Waals surface area contributed by atoms with Crippen molar-refractivity contribution in [2.45, 2.75) is 81.4 Å². The third kappa shape index (κ3) is 3.67. The maximum Gasteiger partial charge on any atom is 0.241 e. The zero-order valence-corrected chi connectivity index (χ0v) is 17.2. The SMILES string of the molecule is CCC(N)(CC)CNC(=O)C1(S(=O)(=O)c2cc(C)ccc2C)CCCC1. The van der Waals surface area contributed by atoms with Crippen molar-refractivity contribution in [1.29, 1.82) is 0 Å². The molecule has 0 aromatic heterocycles. The molecule has 26 heavy (non-hydrogen) atoms. The van der Waals surface area contributed by atoms with E-state index in [2.05, 4.69) is 5.32 Å². The van der Waals surface area contributed by atoms with Crippen LogP contribution in [0.15, 0.2) is 23.1 Å². The van der Waals surface area contributed by atoms with Gasteiger partial charge in [0.05, 0.1) is 4.90 Å². The summed E-state index contributed by atoms with van der Waals surface area (Å²) in [6.45, 7) is 7.90. The number of nitrogens with two attached hydrogens (primary N) is 1. The number of hydrogen-bond donors (Lipinski definition) is 2. The van der Waals surface area contributed by atoms with Crippen LogP contribution in [0.3, 0.4) is 0 Å². The Bertz CT molecular complexity index is 761. The van der Waals surface area contributed by atoms with Crippen molar-refractivity contribution in [2.75, 3.05) is 6.54 Å². The lowest BCUT2D eigenvalue weighted by molar-refractivity contribution is -0.123. The monoisotopic (exact) mass is 380 g/mol. The zero-order valence-electron chi connectivity index (χ0n) is 16.4. The van der Waals surface area contributed by atoms with E-state index in [4.69, 9.17) is 5.73 Å². The first kappa shape index (κ1) is 20.9. The van der Waals surface area contributed by atoms with Gasteiger partial charge in [-0.3, -0.25) is 4.79 Å². The van der Waals surface area contributed by atoms with Gasteiger partial charge >= 0.3 is 0 Å². The molecular formula is C20H32N2O3S. The Hall–Kier alpha value is -1.40. The summed E-state index contributed by atoms with van der Waals surface area (Å²) in [5.41, 5.74) is 7.35. The molecule has 1 aliphatic rings. The average Bonchev–Trinajstić information content (AvgIpc) is 3.13. The minimum Gasteiger partial charge on any atom is -0.353 e. The molecule has 0 spiro atoms. The first-order valence-electron chi connectivity index (χ1n) is 9.51. The molecule has 1 aliphatic carbocycles. The van der Waals surface area contributed by atoms with Crippen molar-refractivity contribution in [1.82, 2.24) is 5.32 Å². The molecule has 1 saturated carbocycles. The average molecular weight is 381 g/mol. The van der Waals surface area contributed by atoms with E-state index in [-0.39, 0.29) is 4.90 Å². The van der Waals surface area contributed by atoms with Crippen LogP contribution in [-0.2, 0) is 14.6 Å². The maximum absolute atomic E-state index is 13.5. The second kappa shape index (κ2) is 7.69. The number of rotatable bonds is 7. The summed E-state index contributed by atoms with van der Waals surface area (Å²) in [6.07, 6.45) is 3.66. The molecule has 0 aliphatic heterocycles. The van der Waals surface area contributed by atoms with Crippen LogP contribution in [0.5, 0.6) is 0 Å². The van der Waals surface area contributed by atoms with E-state index >= 15 is 0 Å². The molecule has 6 heteroatoms. The fourth-order valence-electron chi connectivity index (χ4n) is 3.69. The zero-order chi connectivity index (χ0) is 19.6. The second-order valence-corrected chi connectivity index (χ2v) is 9.95. The van der Waals surface area contributed by atoms with Gasteiger partial charge in [0.25, 0.3) is 0 Å². The molecule has 1 aromatic rings. The molecule has 3 N–H and O–H groups in total. The Morgan fingerprint density at radius 3 is 2.31 bits per heavy atom. The fraction of sp³-hybridized carbons (Fsp3) is 0.650. The minimum atomic E-state index is -3.79. The molecular weight excluding hydrogens is 348 g/mol. The van der Waals surface area contributed by atoms with E-state index in [9.17, 15) is 13.2 Å². The van der Waals surface area contributed by atoms with Crippen LogP contribution in [0.4, 0.5) is 0 Å². The van der Waals surface area contributed by atoms with E-state index in [0.29, 0.717) is 24.9 Å². The van der Waals surface area contributed by atoms with Gasteiger partial charge in [-0.15, -0.1) is 0 Å². The van der Waals surface area contributed by atoms with E-state index in [1.807, 2.05) is 32.9 Å². The number of amides is 1. The van der Waals surface area contributed by atoms with Crippen LogP contribution in [0.25, 0.3) is 0 Å². The number of nitrogens with one attached hydrogen (secondary N) is 1. The van der Waals surface area contributed by atoms with Crippen LogP contribution < -0.4 is 11.1 Å². The third-order valence-corrected chi connectivity index (χ3v) is 8.62. The Labute approximate surface area is 157 Å². The van der Waals surface area contributed by atoms with Crippen molar-refractivity contribution >= 4 is 15.7 Å². The predicted octanol–water partition coefficient (Wildman–Crippen LogP) is 3.02. The number of aryl methyl sites for hydroxylation is 2. The van der Waals surface area contributed by atoms with Crippen molar-refractivity contribution < 1.29 is 13.2 Å². The first-order chi connectivity index (χ1) is 12.1. The normalized spacial score (nSPS) is 17.3. The summed E-state index contributed by atoms with van der Waals surface area (Å²) >= 11 is 0. The topological polar surface area (TPSA) is 89.3 Å². The van der Waals surface area contributed by atoms with Gasteiger partial charge in [0, 0.05) is 12.1 Å². The third-order valence-electron chi connectivity index (χ3n) is 5.98. The highest BCUT2D eigenvalue weighted by Gasteiger charge is 2.53. The smallest absolute Gasteiger partial charge is 0.241 e. The lowest BCUT2D eigenvalue weighted by atomic mass is 9.94. The highest BCUT2D eigenvalue weighted by molar-refractivity contribution is 7.93. The number of carbonyl (C=O) groups excluding carboxylic acids is 1. The Balaban J connectivity index is 2.40. The van der Waals surface area contributed by atoms with Crippen LogP contribution >= 0.6 is 0 Å². The van der Waals surface area contributed by atoms with E-state index < -0.39 is 26.0 Å². The van der Waals surface area contributed by atoms with Crippen molar-refractivity contribution in [2.24, 2.45) is 5.73 Å². The van der Waals surface area contributed by atoms with Gasteiger partial charge in [-0.1, -0.05) is 38.8 Å². The Morgan fingerprint density at radius 1 is 1.19 bits per heavy atom. The molecule has 2 rings (SSSR count). The summed E-state index contributed by atoms with van der Waals surface area (Å²) in [5, 5.41) is 2.87. The largest absolute Gasteiger partial charge is 0.353 e. The van der Waals surface area contributed by atoms with Crippen LogP contribution in [0.1, 0.15) is 63.5 Å². The van der Waals surface area contributed by atoms with Crippen LogP contribution in [0.2, 0.25) is 0 Å². The highest BCUT2D eigenvalue weighted by atomic mass is 32.2. The molecule has 0 saturated heterocycles. The van der Waals surface area contributed by atoms with Gasteiger partial charge in [0.2, 0.25) is 5.91 Å². The van der Waals surface area contributed by atoms with Crippen molar-refractivity contribution in [3.05, 3.63) is 29.3 Å². The lowest BCUT2D eigenvalue weighted by Crippen LogP contribution is -2.56. The summed E-state index contributed by atoms with van der Waals surface area (Å²) in [7, 11) is -3.79. The van der Waals surface area contributed by atoms with Crippen LogP contribution in [0, 0.1) is 13.8 Å². The first-order valence-corrected chi connectivity index (χ1v) is 11.0. The fourth-order valence-corrected chi connectivity index (χ4v) is 6.08. The molecule has 0 bridgehead atoms. The molecule has 1 fully saturated rings. The van der Waals surface area contributed by atoms with Gasteiger partial charge in [0.15, 0.2) is 14.6 Å². The van der Waals surface area contributed by atoms with E-state index in [1.54, 1.807) is 13.0 Å². The lowest BCUT2D eigenvalue weighted by Gasteiger charge is -2.32. The second-order valence-electron chi connectivity index (χ2n) is 7.73. The van der Waals surface area contributed by atoms with Crippen molar-refractivity contribution in [3.8, 4) is 0 Å².